The second kappa shape index (κ2) is 4.56. The summed E-state index contributed by atoms with van der Waals surface area (Å²) in [5, 5.41) is 0.567. The van der Waals surface area contributed by atoms with E-state index in [9.17, 15) is 4.79 Å². The summed E-state index contributed by atoms with van der Waals surface area (Å²) >= 11 is 5.92. The van der Waals surface area contributed by atoms with Crippen LogP contribution in [-0.2, 0) is 5.41 Å². The Balaban J connectivity index is 3.35. The molecule has 0 amide bonds. The summed E-state index contributed by atoms with van der Waals surface area (Å²) in [6, 6.07) is 4.91. The Morgan fingerprint density at radius 2 is 1.94 bits per heavy atom. The van der Waals surface area contributed by atoms with E-state index >= 15 is 0 Å². The molecule has 16 heavy (non-hydrogen) atoms. The molecular weight excluding hydrogens is 222 g/mol. The highest BCUT2D eigenvalue weighted by Crippen LogP contribution is 2.28. The molecule has 0 heterocycles. The monoisotopic (exact) mass is 239 g/mol. The summed E-state index contributed by atoms with van der Waals surface area (Å²) in [6.07, 6.45) is 0. The quantitative estimate of drug-likeness (QED) is 0.806. The number of carbonyl (C=O) groups is 1. The van der Waals surface area contributed by atoms with Crippen molar-refractivity contribution in [1.82, 2.24) is 0 Å². The van der Waals surface area contributed by atoms with Gasteiger partial charge in [-0.15, -0.1) is 0 Å². The van der Waals surface area contributed by atoms with Crippen LogP contribution in [0.3, 0.4) is 0 Å². The van der Waals surface area contributed by atoms with Gasteiger partial charge in [0.2, 0.25) is 0 Å². The maximum Gasteiger partial charge on any atom is 0.179 e. The molecule has 0 aliphatic heterocycles. The Morgan fingerprint density at radius 3 is 2.38 bits per heavy atom. The summed E-state index contributed by atoms with van der Waals surface area (Å²) in [7, 11) is 0. The lowest BCUT2D eigenvalue weighted by molar-refractivity contribution is 0.0966. The maximum atomic E-state index is 12.0. The maximum absolute atomic E-state index is 12.0. The molecule has 3 heteroatoms. The number of hydrogen-bond acceptors (Lipinski definition) is 2. The molecule has 1 unspecified atom stereocenters. The highest BCUT2D eigenvalue weighted by molar-refractivity contribution is 6.31. The van der Waals surface area contributed by atoms with E-state index in [4.69, 9.17) is 17.3 Å². The first-order chi connectivity index (χ1) is 7.23. The Hall–Kier alpha value is -0.860. The SMILES string of the molecule is CC(N)C(=O)c1cc(Cl)ccc1C(C)(C)C. The summed E-state index contributed by atoms with van der Waals surface area (Å²) in [5.41, 5.74) is 7.16. The van der Waals surface area contributed by atoms with Crippen LogP contribution in [0.25, 0.3) is 0 Å². The van der Waals surface area contributed by atoms with Gasteiger partial charge in [0.15, 0.2) is 5.78 Å². The minimum atomic E-state index is -0.500. The van der Waals surface area contributed by atoms with Gasteiger partial charge in [0.25, 0.3) is 0 Å². The van der Waals surface area contributed by atoms with Crippen LogP contribution in [-0.4, -0.2) is 11.8 Å². The highest BCUT2D eigenvalue weighted by Gasteiger charge is 2.23. The fourth-order valence-electron chi connectivity index (χ4n) is 1.62. The topological polar surface area (TPSA) is 43.1 Å². The van der Waals surface area contributed by atoms with Gasteiger partial charge < -0.3 is 5.73 Å². The second-order valence-corrected chi connectivity index (χ2v) is 5.53. The van der Waals surface area contributed by atoms with Crippen LogP contribution in [0.5, 0.6) is 0 Å². The average molecular weight is 240 g/mol. The van der Waals surface area contributed by atoms with Crippen LogP contribution in [0.2, 0.25) is 5.02 Å². The first-order valence-corrected chi connectivity index (χ1v) is 5.71. The molecule has 2 N–H and O–H groups in total. The zero-order chi connectivity index (χ0) is 12.5. The van der Waals surface area contributed by atoms with Crippen molar-refractivity contribution in [3.8, 4) is 0 Å². The first kappa shape index (κ1) is 13.2. The van der Waals surface area contributed by atoms with Crippen LogP contribution >= 0.6 is 11.6 Å². The van der Waals surface area contributed by atoms with Crippen LogP contribution in [0, 0.1) is 0 Å². The third-order valence-electron chi connectivity index (χ3n) is 2.47. The van der Waals surface area contributed by atoms with E-state index in [2.05, 4.69) is 20.8 Å². The van der Waals surface area contributed by atoms with E-state index in [1.165, 1.54) is 0 Å². The molecule has 1 aromatic rings. The van der Waals surface area contributed by atoms with Crippen molar-refractivity contribution in [3.63, 3.8) is 0 Å². The number of nitrogens with two attached hydrogens (primary N) is 1. The Bertz CT molecular complexity index is 405. The van der Waals surface area contributed by atoms with Crippen molar-refractivity contribution in [2.75, 3.05) is 0 Å². The molecule has 1 rings (SSSR count). The number of Topliss-reactive ketones (excluding diaryl/α,β-unsaturated/α-hetero) is 1. The van der Waals surface area contributed by atoms with Gasteiger partial charge in [-0.2, -0.15) is 0 Å². The number of rotatable bonds is 2. The summed E-state index contributed by atoms with van der Waals surface area (Å²) in [4.78, 5) is 12.0. The molecule has 1 atom stereocenters. The van der Waals surface area contributed by atoms with Gasteiger partial charge in [-0.3, -0.25) is 4.79 Å². The molecule has 1 aromatic carbocycles. The van der Waals surface area contributed by atoms with Crippen LogP contribution in [0.1, 0.15) is 43.6 Å². The normalized spacial score (nSPS) is 13.6. The predicted octanol–water partition coefficient (Wildman–Crippen LogP) is 3.17. The zero-order valence-electron chi connectivity index (χ0n) is 10.2. The van der Waals surface area contributed by atoms with E-state index in [1.807, 2.05) is 6.07 Å². The first-order valence-electron chi connectivity index (χ1n) is 5.33. The average Bonchev–Trinajstić information content (AvgIpc) is 2.14. The van der Waals surface area contributed by atoms with Crippen molar-refractivity contribution < 1.29 is 4.79 Å². The van der Waals surface area contributed by atoms with Gasteiger partial charge in [-0.25, -0.2) is 0 Å². The molecule has 0 aliphatic carbocycles. The van der Waals surface area contributed by atoms with Crippen LogP contribution in [0.4, 0.5) is 0 Å². The molecule has 0 spiro atoms. The molecule has 0 aliphatic rings. The minimum absolute atomic E-state index is 0.0626. The van der Waals surface area contributed by atoms with Crippen molar-refractivity contribution in [2.45, 2.75) is 39.2 Å². The van der Waals surface area contributed by atoms with Crippen molar-refractivity contribution in [2.24, 2.45) is 5.73 Å². The second-order valence-electron chi connectivity index (χ2n) is 5.09. The largest absolute Gasteiger partial charge is 0.321 e. The fraction of sp³-hybridized carbons (Fsp3) is 0.462. The lowest BCUT2D eigenvalue weighted by Crippen LogP contribution is -2.29. The van der Waals surface area contributed by atoms with Crippen LogP contribution in [0.15, 0.2) is 18.2 Å². The van der Waals surface area contributed by atoms with E-state index in [-0.39, 0.29) is 11.2 Å². The Labute approximate surface area is 102 Å². The molecule has 0 aromatic heterocycles. The lowest BCUT2D eigenvalue weighted by Gasteiger charge is -2.23. The van der Waals surface area contributed by atoms with Gasteiger partial charge in [-0.1, -0.05) is 38.4 Å². The molecular formula is C13H18ClNO. The summed E-state index contributed by atoms with van der Waals surface area (Å²) < 4.78 is 0. The molecule has 88 valence electrons. The van der Waals surface area contributed by atoms with Crippen molar-refractivity contribution in [1.29, 1.82) is 0 Å². The van der Waals surface area contributed by atoms with Crippen LogP contribution < -0.4 is 5.73 Å². The third kappa shape index (κ3) is 2.83. The van der Waals surface area contributed by atoms with E-state index in [0.29, 0.717) is 10.6 Å². The number of benzene rings is 1. The Kier molecular flexibility index (Phi) is 3.76. The molecule has 0 radical (unpaired) electrons. The molecule has 2 nitrogen and oxygen atoms in total. The smallest absolute Gasteiger partial charge is 0.179 e. The van der Waals surface area contributed by atoms with Gasteiger partial charge in [0.05, 0.1) is 6.04 Å². The Morgan fingerprint density at radius 1 is 1.38 bits per heavy atom. The van der Waals surface area contributed by atoms with Gasteiger partial charge in [0, 0.05) is 10.6 Å². The molecule has 0 fully saturated rings. The van der Waals surface area contributed by atoms with E-state index in [0.717, 1.165) is 5.56 Å². The molecule has 0 saturated carbocycles. The lowest BCUT2D eigenvalue weighted by atomic mass is 9.82. The molecule has 0 saturated heterocycles. The van der Waals surface area contributed by atoms with Gasteiger partial charge >= 0.3 is 0 Å². The minimum Gasteiger partial charge on any atom is -0.321 e. The fourth-order valence-corrected chi connectivity index (χ4v) is 1.79. The van der Waals surface area contributed by atoms with E-state index in [1.54, 1.807) is 19.1 Å². The van der Waals surface area contributed by atoms with Gasteiger partial charge in [-0.05, 0) is 30.0 Å². The standard InChI is InChI=1S/C13H18ClNO/c1-8(15)12(16)10-7-9(14)5-6-11(10)13(2,3)4/h5-8H,15H2,1-4H3. The highest BCUT2D eigenvalue weighted by atomic mass is 35.5. The number of hydrogen-bond donors (Lipinski definition) is 1. The summed E-state index contributed by atoms with van der Waals surface area (Å²) in [6.45, 7) is 7.88. The molecule has 0 bridgehead atoms. The third-order valence-corrected chi connectivity index (χ3v) is 2.70. The van der Waals surface area contributed by atoms with Crippen molar-refractivity contribution >= 4 is 17.4 Å². The van der Waals surface area contributed by atoms with Crippen molar-refractivity contribution in [3.05, 3.63) is 34.3 Å². The van der Waals surface area contributed by atoms with E-state index < -0.39 is 6.04 Å². The predicted molar refractivity (Wildman–Crippen MR) is 68.1 cm³/mol. The number of carbonyl (C=O) groups excluding carboxylic acids is 1. The number of ketones is 1. The number of halogens is 1. The summed E-state index contributed by atoms with van der Waals surface area (Å²) in [5.74, 6) is -0.0626. The van der Waals surface area contributed by atoms with Gasteiger partial charge in [0.1, 0.15) is 0 Å². The zero-order valence-corrected chi connectivity index (χ0v) is 10.9.